The van der Waals surface area contributed by atoms with Crippen molar-refractivity contribution in [3.8, 4) is 0 Å². The molecule has 156 valence electrons. The van der Waals surface area contributed by atoms with Crippen LogP contribution in [0.5, 0.6) is 0 Å². The van der Waals surface area contributed by atoms with E-state index in [1.807, 2.05) is 6.07 Å². The van der Waals surface area contributed by atoms with Crippen LogP contribution in [0.2, 0.25) is 0 Å². The second-order valence-electron chi connectivity index (χ2n) is 8.40. The number of amides is 1. The Morgan fingerprint density at radius 3 is 2.70 bits per heavy atom. The fourth-order valence-corrected chi connectivity index (χ4v) is 4.70. The molecule has 0 aromatic heterocycles. The Bertz CT molecular complexity index is 1040. The van der Waals surface area contributed by atoms with E-state index in [-0.39, 0.29) is 23.9 Å². The van der Waals surface area contributed by atoms with E-state index >= 15 is 0 Å². The van der Waals surface area contributed by atoms with Crippen molar-refractivity contribution in [3.05, 3.63) is 64.5 Å². The minimum Gasteiger partial charge on any atom is -0.487 e. The number of rotatable bonds is 3. The SMILES string of the molecule is CC1CN(CCc2ccc3c(c2)CO/C3=C2/C(=O)Nc3ccc(F)cc32)CC(C)O1. The van der Waals surface area contributed by atoms with Gasteiger partial charge in [-0.3, -0.25) is 9.69 Å². The molecule has 0 radical (unpaired) electrons. The molecular weight excluding hydrogens is 383 g/mol. The monoisotopic (exact) mass is 408 g/mol. The van der Waals surface area contributed by atoms with Crippen LogP contribution in [0.4, 0.5) is 10.1 Å². The van der Waals surface area contributed by atoms with Crippen molar-refractivity contribution in [2.45, 2.75) is 39.1 Å². The lowest BCUT2D eigenvalue weighted by Crippen LogP contribution is -2.46. The first-order chi connectivity index (χ1) is 14.5. The summed E-state index contributed by atoms with van der Waals surface area (Å²) in [6.45, 7) is 7.56. The molecule has 2 atom stereocenters. The standard InChI is InChI=1S/C24H25FN2O3/c1-14-11-27(12-15(2)30-14)8-7-16-3-5-19-17(9-16)13-29-23(19)22-20-10-18(25)4-6-21(20)26-24(22)28/h3-6,9-10,14-15H,7-8,11-13H2,1-2H3,(H,26,28)/b23-22+. The Morgan fingerprint density at radius 2 is 1.90 bits per heavy atom. The molecule has 0 aliphatic carbocycles. The smallest absolute Gasteiger partial charge is 0.260 e. The molecule has 0 spiro atoms. The van der Waals surface area contributed by atoms with Crippen LogP contribution in [0.25, 0.3) is 11.3 Å². The predicted molar refractivity (Wildman–Crippen MR) is 113 cm³/mol. The Hall–Kier alpha value is -2.70. The van der Waals surface area contributed by atoms with Gasteiger partial charge < -0.3 is 14.8 Å². The van der Waals surface area contributed by atoms with Crippen LogP contribution in [0.15, 0.2) is 36.4 Å². The van der Waals surface area contributed by atoms with Crippen LogP contribution in [-0.2, 0) is 27.3 Å². The molecule has 3 heterocycles. The van der Waals surface area contributed by atoms with Gasteiger partial charge in [-0.05, 0) is 44.0 Å². The number of hydrogen-bond donors (Lipinski definition) is 1. The second kappa shape index (κ2) is 7.52. The van der Waals surface area contributed by atoms with Crippen molar-refractivity contribution in [1.82, 2.24) is 4.90 Å². The van der Waals surface area contributed by atoms with Crippen LogP contribution in [0.1, 0.15) is 36.1 Å². The molecule has 1 fully saturated rings. The number of carbonyl (C=O) groups excluding carboxylic acids is 1. The van der Waals surface area contributed by atoms with Crippen molar-refractivity contribution in [1.29, 1.82) is 0 Å². The first kappa shape index (κ1) is 19.3. The molecule has 3 aliphatic heterocycles. The Labute approximate surface area is 175 Å². The molecule has 0 saturated carbocycles. The summed E-state index contributed by atoms with van der Waals surface area (Å²) in [5.74, 6) is -0.0871. The average molecular weight is 408 g/mol. The zero-order valence-electron chi connectivity index (χ0n) is 17.2. The summed E-state index contributed by atoms with van der Waals surface area (Å²) in [7, 11) is 0. The molecule has 6 heteroatoms. The number of ether oxygens (including phenoxy) is 2. The van der Waals surface area contributed by atoms with Gasteiger partial charge >= 0.3 is 0 Å². The molecule has 5 rings (SSSR count). The first-order valence-corrected chi connectivity index (χ1v) is 10.5. The number of carbonyl (C=O) groups is 1. The molecule has 3 aliphatic rings. The van der Waals surface area contributed by atoms with Crippen molar-refractivity contribution >= 4 is 22.9 Å². The topological polar surface area (TPSA) is 50.8 Å². The van der Waals surface area contributed by atoms with Gasteiger partial charge in [0.2, 0.25) is 0 Å². The van der Waals surface area contributed by atoms with E-state index in [1.165, 1.54) is 17.7 Å². The first-order valence-electron chi connectivity index (χ1n) is 10.5. The zero-order valence-corrected chi connectivity index (χ0v) is 17.2. The molecule has 5 nitrogen and oxygen atoms in total. The minimum atomic E-state index is -0.372. The Kier molecular flexibility index (Phi) is 4.83. The van der Waals surface area contributed by atoms with Gasteiger partial charge in [-0.15, -0.1) is 0 Å². The maximum absolute atomic E-state index is 13.8. The van der Waals surface area contributed by atoms with Crippen LogP contribution in [0, 0.1) is 5.82 Å². The van der Waals surface area contributed by atoms with Gasteiger partial charge in [0.1, 0.15) is 18.2 Å². The largest absolute Gasteiger partial charge is 0.487 e. The van der Waals surface area contributed by atoms with Crippen molar-refractivity contribution in [2.75, 3.05) is 25.0 Å². The fraction of sp³-hybridized carbons (Fsp3) is 0.375. The third kappa shape index (κ3) is 3.50. The summed E-state index contributed by atoms with van der Waals surface area (Å²) in [4.78, 5) is 15.0. The molecule has 0 bridgehead atoms. The highest BCUT2D eigenvalue weighted by atomic mass is 19.1. The van der Waals surface area contributed by atoms with Gasteiger partial charge in [0.25, 0.3) is 5.91 Å². The quantitative estimate of drug-likeness (QED) is 0.785. The predicted octanol–water partition coefficient (Wildman–Crippen LogP) is 3.83. The number of fused-ring (bicyclic) bond motifs is 2. The summed E-state index contributed by atoms with van der Waals surface area (Å²) in [5, 5.41) is 2.80. The summed E-state index contributed by atoms with van der Waals surface area (Å²) < 4.78 is 25.5. The van der Waals surface area contributed by atoms with Crippen LogP contribution >= 0.6 is 0 Å². The molecule has 1 N–H and O–H groups in total. The molecule has 30 heavy (non-hydrogen) atoms. The van der Waals surface area contributed by atoms with Crippen LogP contribution in [-0.4, -0.2) is 42.6 Å². The number of benzene rings is 2. The van der Waals surface area contributed by atoms with Crippen molar-refractivity contribution < 1.29 is 18.7 Å². The number of nitrogens with one attached hydrogen (secondary N) is 1. The van der Waals surface area contributed by atoms with Crippen LogP contribution in [0.3, 0.4) is 0 Å². The third-order valence-corrected chi connectivity index (χ3v) is 5.95. The Morgan fingerprint density at radius 1 is 1.10 bits per heavy atom. The van der Waals surface area contributed by atoms with E-state index in [4.69, 9.17) is 9.47 Å². The maximum atomic E-state index is 13.8. The summed E-state index contributed by atoms with van der Waals surface area (Å²) in [6, 6.07) is 10.6. The van der Waals surface area contributed by atoms with E-state index in [1.54, 1.807) is 6.07 Å². The lowest BCUT2D eigenvalue weighted by atomic mass is 9.98. The zero-order chi connectivity index (χ0) is 20.8. The van der Waals surface area contributed by atoms with E-state index in [9.17, 15) is 9.18 Å². The van der Waals surface area contributed by atoms with Crippen molar-refractivity contribution in [3.63, 3.8) is 0 Å². The molecule has 2 unspecified atom stereocenters. The summed E-state index contributed by atoms with van der Waals surface area (Å²) >= 11 is 0. The number of hydrogen-bond acceptors (Lipinski definition) is 4. The molecule has 1 amide bonds. The van der Waals surface area contributed by atoms with Gasteiger partial charge in [0, 0.05) is 42.0 Å². The molecule has 2 aromatic carbocycles. The molecular formula is C24H25FN2O3. The van der Waals surface area contributed by atoms with Crippen LogP contribution < -0.4 is 5.32 Å². The Balaban J connectivity index is 1.38. The van der Waals surface area contributed by atoms with Gasteiger partial charge in [0.05, 0.1) is 17.8 Å². The maximum Gasteiger partial charge on any atom is 0.260 e. The highest BCUT2D eigenvalue weighted by Crippen LogP contribution is 2.41. The van der Waals surface area contributed by atoms with Crippen molar-refractivity contribution in [2.24, 2.45) is 0 Å². The average Bonchev–Trinajstić information content (AvgIpc) is 3.24. The van der Waals surface area contributed by atoms with Gasteiger partial charge in [-0.2, -0.15) is 0 Å². The highest BCUT2D eigenvalue weighted by Gasteiger charge is 2.33. The van der Waals surface area contributed by atoms with Gasteiger partial charge in [0.15, 0.2) is 0 Å². The lowest BCUT2D eigenvalue weighted by Gasteiger charge is -2.35. The second-order valence-corrected chi connectivity index (χ2v) is 8.40. The number of halogens is 1. The lowest BCUT2D eigenvalue weighted by molar-refractivity contribution is -0.110. The normalized spacial score (nSPS) is 25.6. The summed E-state index contributed by atoms with van der Waals surface area (Å²) in [6.07, 6.45) is 1.48. The molecule has 2 aromatic rings. The van der Waals surface area contributed by atoms with E-state index < -0.39 is 0 Å². The minimum absolute atomic E-state index is 0.252. The van der Waals surface area contributed by atoms with E-state index in [0.717, 1.165) is 37.2 Å². The molecule has 1 saturated heterocycles. The highest BCUT2D eigenvalue weighted by molar-refractivity contribution is 6.36. The van der Waals surface area contributed by atoms with Gasteiger partial charge in [-0.1, -0.05) is 18.2 Å². The number of morpholine rings is 1. The fourth-order valence-electron chi connectivity index (χ4n) is 4.70. The van der Waals surface area contributed by atoms with E-state index in [2.05, 4.69) is 36.2 Å². The number of nitrogens with zero attached hydrogens (tertiary/aromatic N) is 1. The summed E-state index contributed by atoms with van der Waals surface area (Å²) in [5.41, 5.74) is 4.81. The van der Waals surface area contributed by atoms with Gasteiger partial charge in [-0.25, -0.2) is 4.39 Å². The third-order valence-electron chi connectivity index (χ3n) is 5.95. The van der Waals surface area contributed by atoms with E-state index in [0.29, 0.717) is 29.2 Å². The number of anilines is 1.